The van der Waals surface area contributed by atoms with Crippen LogP contribution in [-0.2, 0) is 35.3 Å². The highest BCUT2D eigenvalue weighted by molar-refractivity contribution is 5.83. The fraction of sp³-hybridized carbons (Fsp3) is 0.290. The van der Waals surface area contributed by atoms with Crippen LogP contribution in [0.3, 0.4) is 0 Å². The zero-order valence-corrected chi connectivity index (χ0v) is 20.8. The first-order valence-electron chi connectivity index (χ1n) is 12.9. The summed E-state index contributed by atoms with van der Waals surface area (Å²) < 4.78 is 0. The summed E-state index contributed by atoms with van der Waals surface area (Å²) in [5.41, 5.74) is 5.40. The summed E-state index contributed by atoms with van der Waals surface area (Å²) in [6.07, 6.45) is 4.40. The summed E-state index contributed by atoms with van der Waals surface area (Å²) in [4.78, 5) is 24.8. The first kappa shape index (κ1) is 24.6. The van der Waals surface area contributed by atoms with E-state index in [1.165, 1.54) is 0 Å². The molecule has 37 heavy (non-hydrogen) atoms. The molecule has 2 heterocycles. The number of nitrogens with zero attached hydrogens (tertiary/aromatic N) is 4. The monoisotopic (exact) mass is 490 g/mol. The molecule has 0 amide bonds. The minimum atomic E-state index is 0.137. The molecule has 1 saturated carbocycles. The van der Waals surface area contributed by atoms with Crippen LogP contribution in [0.1, 0.15) is 65.0 Å². The molecule has 0 spiro atoms. The zero-order chi connectivity index (χ0) is 25.5. The summed E-state index contributed by atoms with van der Waals surface area (Å²) >= 11 is 0. The summed E-state index contributed by atoms with van der Waals surface area (Å²) in [7, 11) is 0. The van der Waals surface area contributed by atoms with Gasteiger partial charge in [0.15, 0.2) is 0 Å². The molecule has 2 atom stereocenters. The van der Waals surface area contributed by atoms with Gasteiger partial charge in [-0.3, -0.25) is 9.59 Å². The molecule has 6 nitrogen and oxygen atoms in total. The van der Waals surface area contributed by atoms with Crippen molar-refractivity contribution in [3.8, 4) is 0 Å². The fourth-order valence-corrected chi connectivity index (χ4v) is 5.06. The molecule has 0 N–H and O–H groups in total. The van der Waals surface area contributed by atoms with Gasteiger partial charge in [0.2, 0.25) is 0 Å². The normalized spacial score (nSPS) is 17.0. The lowest BCUT2D eigenvalue weighted by Crippen LogP contribution is -2.10. The largest absolute Gasteiger partial charge is 0.299 e. The van der Waals surface area contributed by atoms with Crippen molar-refractivity contribution in [3.05, 3.63) is 119 Å². The van der Waals surface area contributed by atoms with E-state index in [1.807, 2.05) is 84.9 Å². The summed E-state index contributed by atoms with van der Waals surface area (Å²) in [6, 6.07) is 27.4. The topological polar surface area (TPSA) is 85.7 Å². The van der Waals surface area contributed by atoms with E-state index in [0.717, 1.165) is 41.8 Å². The molecule has 186 valence electrons. The first-order valence-corrected chi connectivity index (χ1v) is 12.9. The number of carbonyl (C=O) groups is 2. The van der Waals surface area contributed by atoms with E-state index in [2.05, 4.69) is 20.4 Å². The van der Waals surface area contributed by atoms with Crippen molar-refractivity contribution in [2.45, 2.75) is 56.8 Å². The second-order valence-electron chi connectivity index (χ2n) is 9.86. The van der Waals surface area contributed by atoms with Crippen molar-refractivity contribution >= 4 is 11.6 Å². The highest BCUT2D eigenvalue weighted by Crippen LogP contribution is 2.42. The number of carbonyl (C=O) groups excluding carboxylic acids is 2. The smallest absolute Gasteiger partial charge is 0.143 e. The third-order valence-corrected chi connectivity index (χ3v) is 6.99. The van der Waals surface area contributed by atoms with Crippen LogP contribution in [0, 0.1) is 0 Å². The van der Waals surface area contributed by atoms with E-state index >= 15 is 0 Å². The van der Waals surface area contributed by atoms with Crippen LogP contribution in [0.2, 0.25) is 0 Å². The Balaban J connectivity index is 1.12. The molecule has 0 unspecified atom stereocenters. The minimum Gasteiger partial charge on any atom is -0.299 e. The Labute approximate surface area is 217 Å². The molecule has 0 radical (unpaired) electrons. The molecule has 2 aromatic carbocycles. The van der Waals surface area contributed by atoms with Crippen molar-refractivity contribution in [1.29, 1.82) is 0 Å². The van der Waals surface area contributed by atoms with Gasteiger partial charge in [0.25, 0.3) is 0 Å². The van der Waals surface area contributed by atoms with Crippen LogP contribution >= 0.6 is 0 Å². The average molecular weight is 491 g/mol. The number of aromatic nitrogens is 4. The molecular formula is C31H30N4O2. The van der Waals surface area contributed by atoms with Crippen LogP contribution in [0.25, 0.3) is 0 Å². The van der Waals surface area contributed by atoms with E-state index < -0.39 is 0 Å². The maximum Gasteiger partial charge on any atom is 0.143 e. The van der Waals surface area contributed by atoms with E-state index in [1.54, 1.807) is 0 Å². The second-order valence-corrected chi connectivity index (χ2v) is 9.86. The molecular weight excluding hydrogens is 460 g/mol. The van der Waals surface area contributed by atoms with Crippen molar-refractivity contribution in [2.75, 3.05) is 0 Å². The van der Waals surface area contributed by atoms with Crippen molar-refractivity contribution in [1.82, 2.24) is 20.4 Å². The third-order valence-electron chi connectivity index (χ3n) is 6.99. The van der Waals surface area contributed by atoms with Crippen molar-refractivity contribution < 1.29 is 9.59 Å². The van der Waals surface area contributed by atoms with Gasteiger partial charge in [-0.05, 0) is 54.7 Å². The van der Waals surface area contributed by atoms with Gasteiger partial charge in [-0.15, -0.1) is 0 Å². The predicted molar refractivity (Wildman–Crippen MR) is 141 cm³/mol. The maximum atomic E-state index is 12.4. The van der Waals surface area contributed by atoms with Gasteiger partial charge >= 0.3 is 0 Å². The van der Waals surface area contributed by atoms with E-state index in [9.17, 15) is 9.59 Å². The van der Waals surface area contributed by atoms with Gasteiger partial charge in [0.1, 0.15) is 11.6 Å². The maximum absolute atomic E-state index is 12.4. The molecule has 1 aliphatic rings. The van der Waals surface area contributed by atoms with Gasteiger partial charge < -0.3 is 0 Å². The van der Waals surface area contributed by atoms with Gasteiger partial charge in [0, 0.05) is 24.7 Å². The number of benzene rings is 2. The Morgan fingerprint density at radius 1 is 0.541 bits per heavy atom. The predicted octanol–water partition coefficient (Wildman–Crippen LogP) is 5.03. The molecule has 1 fully saturated rings. The molecule has 0 saturated heterocycles. The van der Waals surface area contributed by atoms with E-state index in [-0.39, 0.29) is 11.6 Å². The molecule has 5 rings (SSSR count). The quantitative estimate of drug-likeness (QED) is 0.310. The molecule has 0 aliphatic heterocycles. The van der Waals surface area contributed by atoms with Crippen LogP contribution < -0.4 is 0 Å². The Morgan fingerprint density at radius 3 is 1.35 bits per heavy atom. The summed E-state index contributed by atoms with van der Waals surface area (Å²) in [6.45, 7) is 0. The van der Waals surface area contributed by atoms with E-state index in [4.69, 9.17) is 0 Å². The van der Waals surface area contributed by atoms with E-state index in [0.29, 0.717) is 48.9 Å². The van der Waals surface area contributed by atoms with Crippen LogP contribution in [0.4, 0.5) is 0 Å². The number of Topliss-reactive ketones (excluding diaryl/α,β-unsaturated/α-hetero) is 2. The Hall–Kier alpha value is -4.06. The molecule has 6 heteroatoms. The SMILES string of the molecule is O=C(Cc1ccccc1)Cc1ccc([C@H]2CC[C@H](c3ccc(CC(=O)Cc4ccccc4)nn3)C2)nn1. The number of hydrogen-bond acceptors (Lipinski definition) is 6. The lowest BCUT2D eigenvalue weighted by molar-refractivity contribution is -0.118. The Kier molecular flexibility index (Phi) is 7.84. The highest BCUT2D eigenvalue weighted by atomic mass is 16.1. The van der Waals surface area contributed by atoms with Crippen molar-refractivity contribution in [3.63, 3.8) is 0 Å². The molecule has 0 bridgehead atoms. The lowest BCUT2D eigenvalue weighted by Gasteiger charge is -2.11. The standard InChI is InChI=1S/C31H30N4O2/c36-28(17-22-7-3-1-4-8-22)20-26-13-15-30(34-32-26)24-11-12-25(19-24)31-16-14-27(33-35-31)21-29(37)18-23-9-5-2-6-10-23/h1-10,13-16,24-25H,11-12,17-21H2/t24-,25-/m0/s1. The molecule has 1 aliphatic carbocycles. The highest BCUT2D eigenvalue weighted by Gasteiger charge is 2.29. The first-order chi connectivity index (χ1) is 18.1. The average Bonchev–Trinajstić information content (AvgIpc) is 3.41. The fourth-order valence-electron chi connectivity index (χ4n) is 5.06. The van der Waals surface area contributed by atoms with Gasteiger partial charge in [-0.2, -0.15) is 20.4 Å². The zero-order valence-electron chi connectivity index (χ0n) is 20.8. The number of rotatable bonds is 10. The van der Waals surface area contributed by atoms with Crippen LogP contribution in [0.5, 0.6) is 0 Å². The molecule has 2 aromatic heterocycles. The molecule has 4 aromatic rings. The number of hydrogen-bond donors (Lipinski definition) is 0. The Bertz CT molecular complexity index is 1220. The van der Waals surface area contributed by atoms with Crippen LogP contribution in [0.15, 0.2) is 84.9 Å². The van der Waals surface area contributed by atoms with Gasteiger partial charge in [0.05, 0.1) is 35.6 Å². The summed E-state index contributed by atoms with van der Waals surface area (Å²) in [5.74, 6) is 0.914. The lowest BCUT2D eigenvalue weighted by atomic mass is 9.98. The number of ketones is 2. The minimum absolute atomic E-state index is 0.137. The van der Waals surface area contributed by atoms with Gasteiger partial charge in [-0.1, -0.05) is 60.7 Å². The van der Waals surface area contributed by atoms with Crippen LogP contribution in [-0.4, -0.2) is 32.0 Å². The summed E-state index contributed by atoms with van der Waals surface area (Å²) in [5, 5.41) is 17.6. The second kappa shape index (κ2) is 11.8. The third kappa shape index (κ3) is 6.79. The van der Waals surface area contributed by atoms with Crippen molar-refractivity contribution in [2.24, 2.45) is 0 Å². The Morgan fingerprint density at radius 2 is 0.973 bits per heavy atom. The van der Waals surface area contributed by atoms with Gasteiger partial charge in [-0.25, -0.2) is 0 Å².